The lowest BCUT2D eigenvalue weighted by Crippen LogP contribution is -2.29. The molecule has 0 spiro atoms. The van der Waals surface area contributed by atoms with Gasteiger partial charge in [0.05, 0.1) is 12.8 Å². The zero-order chi connectivity index (χ0) is 22.3. The van der Waals surface area contributed by atoms with Crippen molar-refractivity contribution in [3.8, 4) is 11.5 Å². The average Bonchev–Trinajstić information content (AvgIpc) is 3.39. The molecule has 0 bridgehead atoms. The predicted molar refractivity (Wildman–Crippen MR) is 123 cm³/mol. The lowest BCUT2D eigenvalue weighted by atomic mass is 10.2. The average molecular weight is 453 g/mol. The van der Waals surface area contributed by atoms with Gasteiger partial charge in [0.15, 0.2) is 6.61 Å². The number of amides is 2. The molecule has 8 nitrogen and oxygen atoms in total. The molecule has 0 unspecified atom stereocenters. The molecule has 1 aromatic heterocycles. The number of carbonyl (C=O) groups excluding carboxylic acids is 2. The minimum absolute atomic E-state index is 0.0247. The summed E-state index contributed by atoms with van der Waals surface area (Å²) in [5.74, 6) is 2.75. The Morgan fingerprint density at radius 1 is 1.06 bits per heavy atom. The summed E-state index contributed by atoms with van der Waals surface area (Å²) in [5.41, 5.74) is 2.87. The van der Waals surface area contributed by atoms with Crippen LogP contribution in [-0.2, 0) is 34.2 Å². The van der Waals surface area contributed by atoms with E-state index in [0.29, 0.717) is 23.9 Å². The van der Waals surface area contributed by atoms with Crippen LogP contribution in [0.5, 0.6) is 11.5 Å². The Hall–Kier alpha value is -3.46. The Morgan fingerprint density at radius 2 is 1.88 bits per heavy atom. The summed E-state index contributed by atoms with van der Waals surface area (Å²) in [6.45, 7) is 0.296. The van der Waals surface area contributed by atoms with Crippen molar-refractivity contribution in [3.05, 3.63) is 71.4 Å². The van der Waals surface area contributed by atoms with Crippen LogP contribution < -0.4 is 20.1 Å². The minimum Gasteiger partial charge on any atom is -0.497 e. The molecule has 2 aromatic carbocycles. The number of nitrogens with zero attached hydrogens (tertiary/aromatic N) is 2. The summed E-state index contributed by atoms with van der Waals surface area (Å²) in [4.78, 5) is 25.1. The summed E-state index contributed by atoms with van der Waals surface area (Å²) < 4.78 is 12.3. The number of rotatable bonds is 9. The largest absolute Gasteiger partial charge is 0.497 e. The highest BCUT2D eigenvalue weighted by Crippen LogP contribution is 2.34. The third-order valence-electron chi connectivity index (χ3n) is 4.91. The first-order valence-electron chi connectivity index (χ1n) is 10.2. The molecule has 3 aromatic rings. The van der Waals surface area contributed by atoms with Crippen molar-refractivity contribution in [2.75, 3.05) is 19.0 Å². The quantitative estimate of drug-likeness (QED) is 0.518. The van der Waals surface area contributed by atoms with E-state index in [2.05, 4.69) is 15.7 Å². The van der Waals surface area contributed by atoms with E-state index in [1.807, 2.05) is 30.3 Å². The summed E-state index contributed by atoms with van der Waals surface area (Å²) >= 11 is 1.73. The maximum Gasteiger partial charge on any atom is 0.263 e. The van der Waals surface area contributed by atoms with Crippen molar-refractivity contribution < 1.29 is 19.1 Å². The fourth-order valence-corrected chi connectivity index (χ4v) is 4.35. The number of nitrogens with one attached hydrogen (secondary N) is 2. The number of anilines is 1. The first-order chi connectivity index (χ1) is 15.6. The van der Waals surface area contributed by atoms with Gasteiger partial charge in [-0.2, -0.15) is 16.9 Å². The number of carbonyl (C=O) groups is 2. The van der Waals surface area contributed by atoms with Crippen LogP contribution in [0.25, 0.3) is 0 Å². The normalized spacial score (nSPS) is 12.2. The molecule has 0 saturated heterocycles. The highest BCUT2D eigenvalue weighted by molar-refractivity contribution is 7.98. The van der Waals surface area contributed by atoms with Crippen LogP contribution in [0.4, 0.5) is 5.82 Å². The fourth-order valence-electron chi connectivity index (χ4n) is 3.32. The summed E-state index contributed by atoms with van der Waals surface area (Å²) in [6.07, 6.45) is 0. The summed E-state index contributed by atoms with van der Waals surface area (Å²) in [5, 5.41) is 10.3. The van der Waals surface area contributed by atoms with Gasteiger partial charge in [-0.25, -0.2) is 4.68 Å². The van der Waals surface area contributed by atoms with Gasteiger partial charge in [0.2, 0.25) is 5.91 Å². The Labute approximate surface area is 190 Å². The number of hydrogen-bond donors (Lipinski definition) is 2. The minimum atomic E-state index is -0.321. The maximum atomic E-state index is 12.6. The molecule has 0 fully saturated rings. The van der Waals surface area contributed by atoms with E-state index in [1.54, 1.807) is 47.8 Å². The van der Waals surface area contributed by atoms with Crippen molar-refractivity contribution in [3.63, 3.8) is 0 Å². The topological polar surface area (TPSA) is 94.5 Å². The van der Waals surface area contributed by atoms with E-state index in [-0.39, 0.29) is 25.0 Å². The zero-order valence-electron chi connectivity index (χ0n) is 17.7. The summed E-state index contributed by atoms with van der Waals surface area (Å²) in [6, 6.07) is 16.8. The Morgan fingerprint density at radius 3 is 2.69 bits per heavy atom. The van der Waals surface area contributed by atoms with Crippen LogP contribution >= 0.6 is 11.8 Å². The van der Waals surface area contributed by atoms with E-state index < -0.39 is 0 Å². The van der Waals surface area contributed by atoms with Crippen molar-refractivity contribution in [1.82, 2.24) is 15.1 Å². The predicted octanol–water partition coefficient (Wildman–Crippen LogP) is 2.97. The van der Waals surface area contributed by atoms with Crippen molar-refractivity contribution in [2.45, 2.75) is 24.6 Å². The molecule has 0 radical (unpaired) electrons. The van der Waals surface area contributed by atoms with Gasteiger partial charge in [0.1, 0.15) is 23.9 Å². The molecule has 2 heterocycles. The first kappa shape index (κ1) is 21.8. The molecule has 0 aliphatic carbocycles. The molecule has 1 aliphatic heterocycles. The molecule has 166 valence electrons. The van der Waals surface area contributed by atoms with Gasteiger partial charge in [-0.15, -0.1) is 0 Å². The standard InChI is InChI=1S/C23H24N4O4S/c1-30-17-8-5-9-18(10-17)31-13-22(29)25-23-19-14-32-15-20(19)26-27(23)12-21(28)24-11-16-6-3-2-4-7-16/h2-10H,11-15H2,1H3,(H,24,28)(H,25,29). The van der Waals surface area contributed by atoms with Crippen LogP contribution in [0.15, 0.2) is 54.6 Å². The lowest BCUT2D eigenvalue weighted by molar-refractivity contribution is -0.122. The van der Waals surface area contributed by atoms with Crippen LogP contribution in [-0.4, -0.2) is 35.3 Å². The maximum absolute atomic E-state index is 12.6. The number of hydrogen-bond acceptors (Lipinski definition) is 6. The Kier molecular flexibility index (Phi) is 6.96. The van der Waals surface area contributed by atoms with E-state index >= 15 is 0 Å². The van der Waals surface area contributed by atoms with Crippen LogP contribution in [0.1, 0.15) is 16.8 Å². The van der Waals surface area contributed by atoms with Crippen LogP contribution in [0.3, 0.4) is 0 Å². The number of ether oxygens (including phenoxy) is 2. The SMILES string of the molecule is COc1cccc(OCC(=O)Nc2c3c(nn2CC(=O)NCc2ccccc2)CSC3)c1. The summed E-state index contributed by atoms with van der Waals surface area (Å²) in [7, 11) is 1.57. The molecule has 32 heavy (non-hydrogen) atoms. The van der Waals surface area contributed by atoms with Crippen molar-refractivity contribution in [2.24, 2.45) is 0 Å². The zero-order valence-corrected chi connectivity index (χ0v) is 18.5. The monoisotopic (exact) mass is 452 g/mol. The molecular weight excluding hydrogens is 428 g/mol. The van der Waals surface area contributed by atoms with Crippen LogP contribution in [0, 0.1) is 0 Å². The second kappa shape index (κ2) is 10.2. The van der Waals surface area contributed by atoms with Gasteiger partial charge < -0.3 is 20.1 Å². The van der Waals surface area contributed by atoms with Crippen LogP contribution in [0.2, 0.25) is 0 Å². The molecule has 9 heteroatoms. The van der Waals surface area contributed by atoms with Gasteiger partial charge in [-0.1, -0.05) is 36.4 Å². The second-order valence-corrected chi connectivity index (χ2v) is 8.19. The Bertz CT molecular complexity index is 1100. The number of aromatic nitrogens is 2. The molecule has 4 rings (SSSR count). The van der Waals surface area contributed by atoms with Gasteiger partial charge in [-0.3, -0.25) is 9.59 Å². The smallest absolute Gasteiger partial charge is 0.263 e. The van der Waals surface area contributed by atoms with Crippen molar-refractivity contribution in [1.29, 1.82) is 0 Å². The third-order valence-corrected chi connectivity index (χ3v) is 5.88. The number of methoxy groups -OCH3 is 1. The first-order valence-corrected chi connectivity index (χ1v) is 11.3. The Balaban J connectivity index is 1.38. The molecule has 1 aliphatic rings. The fraction of sp³-hybridized carbons (Fsp3) is 0.261. The highest BCUT2D eigenvalue weighted by atomic mass is 32.2. The molecule has 2 N–H and O–H groups in total. The third kappa shape index (κ3) is 5.42. The highest BCUT2D eigenvalue weighted by Gasteiger charge is 2.25. The second-order valence-electron chi connectivity index (χ2n) is 7.20. The molecule has 0 saturated carbocycles. The number of thioether (sulfide) groups is 1. The van der Waals surface area contributed by atoms with E-state index in [9.17, 15) is 9.59 Å². The van der Waals surface area contributed by atoms with Gasteiger partial charge in [0.25, 0.3) is 5.91 Å². The van der Waals surface area contributed by atoms with E-state index in [0.717, 1.165) is 28.3 Å². The molecular formula is C23H24N4O4S. The van der Waals surface area contributed by atoms with E-state index in [4.69, 9.17) is 9.47 Å². The van der Waals surface area contributed by atoms with E-state index in [1.165, 1.54) is 0 Å². The number of benzene rings is 2. The number of fused-ring (bicyclic) bond motifs is 1. The van der Waals surface area contributed by atoms with Gasteiger partial charge in [0, 0.05) is 29.7 Å². The molecule has 2 amide bonds. The van der Waals surface area contributed by atoms with Gasteiger partial charge in [-0.05, 0) is 17.7 Å². The van der Waals surface area contributed by atoms with Crippen molar-refractivity contribution >= 4 is 29.4 Å². The lowest BCUT2D eigenvalue weighted by Gasteiger charge is -2.12. The van der Waals surface area contributed by atoms with Gasteiger partial charge >= 0.3 is 0 Å². The molecule has 0 atom stereocenters.